The Morgan fingerprint density at radius 2 is 1.74 bits per heavy atom. The number of aromatic carboxylic acids is 1. The predicted molar refractivity (Wildman–Crippen MR) is 132 cm³/mol. The second kappa shape index (κ2) is 9.23. The van der Waals surface area contributed by atoms with E-state index < -0.39 is 11.9 Å². The van der Waals surface area contributed by atoms with Gasteiger partial charge in [0.05, 0.1) is 12.7 Å². The molecule has 7 heteroatoms. The molecule has 4 rings (SSSR count). The number of aryl methyl sites for hydroxylation is 2. The molecular weight excluding hydrogens is 430 g/mol. The number of aromatic amines is 1. The number of imidazole rings is 1. The normalized spacial score (nSPS) is 10.7. The van der Waals surface area contributed by atoms with Crippen LogP contribution in [-0.4, -0.2) is 34.1 Å². The largest absolute Gasteiger partial charge is 0.496 e. The molecule has 1 aromatic heterocycles. The molecule has 0 aliphatic heterocycles. The fraction of sp³-hybridized carbons (Fsp3) is 0.148. The fourth-order valence-electron chi connectivity index (χ4n) is 4.03. The highest BCUT2D eigenvalue weighted by Gasteiger charge is 2.20. The first-order valence-electron chi connectivity index (χ1n) is 10.8. The van der Waals surface area contributed by atoms with Crippen LogP contribution < -0.4 is 10.1 Å². The maximum absolute atomic E-state index is 12.9. The summed E-state index contributed by atoms with van der Waals surface area (Å²) < 4.78 is 5.65. The van der Waals surface area contributed by atoms with Gasteiger partial charge in [0.1, 0.15) is 17.3 Å². The fourth-order valence-corrected chi connectivity index (χ4v) is 4.03. The number of amides is 1. The Labute approximate surface area is 197 Å². The van der Waals surface area contributed by atoms with E-state index in [2.05, 4.69) is 34.3 Å². The molecular formula is C27H25N3O4. The quantitative estimate of drug-likeness (QED) is 0.350. The van der Waals surface area contributed by atoms with Gasteiger partial charge in [-0.3, -0.25) is 4.79 Å². The lowest BCUT2D eigenvalue weighted by Gasteiger charge is -2.16. The minimum absolute atomic E-state index is 0.0924. The summed E-state index contributed by atoms with van der Waals surface area (Å²) in [5.74, 6) is -0.159. The Balaban J connectivity index is 1.72. The van der Waals surface area contributed by atoms with Gasteiger partial charge in [0, 0.05) is 22.5 Å². The number of hydrogen-bond donors (Lipinski definition) is 3. The summed E-state index contributed by atoms with van der Waals surface area (Å²) in [5.41, 5.74) is 6.32. The van der Waals surface area contributed by atoms with Gasteiger partial charge in [-0.25, -0.2) is 9.78 Å². The van der Waals surface area contributed by atoms with Gasteiger partial charge in [-0.15, -0.1) is 0 Å². The highest BCUT2D eigenvalue weighted by atomic mass is 16.5. The molecule has 0 saturated heterocycles. The van der Waals surface area contributed by atoms with Gasteiger partial charge in [-0.1, -0.05) is 30.3 Å². The molecule has 0 bridgehead atoms. The van der Waals surface area contributed by atoms with Crippen molar-refractivity contribution in [3.05, 3.63) is 88.7 Å². The van der Waals surface area contributed by atoms with E-state index in [4.69, 9.17) is 4.74 Å². The first kappa shape index (κ1) is 22.8. The highest BCUT2D eigenvalue weighted by Crippen LogP contribution is 2.39. The van der Waals surface area contributed by atoms with Crippen molar-refractivity contribution >= 4 is 17.6 Å². The maximum Gasteiger partial charge on any atom is 0.335 e. The zero-order valence-corrected chi connectivity index (χ0v) is 19.4. The molecule has 0 unspecified atom stereocenters. The van der Waals surface area contributed by atoms with Gasteiger partial charge in [0.15, 0.2) is 0 Å². The Hall–Kier alpha value is -4.39. The van der Waals surface area contributed by atoms with Crippen molar-refractivity contribution in [2.75, 3.05) is 12.4 Å². The van der Waals surface area contributed by atoms with Gasteiger partial charge >= 0.3 is 5.97 Å². The first-order valence-corrected chi connectivity index (χ1v) is 10.8. The zero-order valence-electron chi connectivity index (χ0n) is 19.4. The molecule has 0 spiro atoms. The van der Waals surface area contributed by atoms with Gasteiger partial charge in [-0.2, -0.15) is 0 Å². The maximum atomic E-state index is 12.9. The number of carboxylic acids is 1. The standard InChI is InChI=1S/C27H25N3O4/c1-15-8-5-6-11-20(15)23-16(2)21(12-13-22(23)34-4)25-28-17(3)24(30-25)26(31)29-19-10-7-9-18(14-19)27(32)33/h5-14H,1-4H3,(H,28,30)(H,29,31)(H,32,33). The van der Waals surface area contributed by atoms with Crippen LogP contribution in [0.4, 0.5) is 5.69 Å². The van der Waals surface area contributed by atoms with Crippen molar-refractivity contribution in [2.24, 2.45) is 0 Å². The molecule has 0 aliphatic carbocycles. The second-order valence-corrected chi connectivity index (χ2v) is 8.03. The molecule has 7 nitrogen and oxygen atoms in total. The molecule has 3 N–H and O–H groups in total. The second-order valence-electron chi connectivity index (χ2n) is 8.03. The molecule has 0 fully saturated rings. The number of carbonyl (C=O) groups is 2. The third-order valence-electron chi connectivity index (χ3n) is 5.78. The summed E-state index contributed by atoms with van der Waals surface area (Å²) in [7, 11) is 1.65. The summed E-state index contributed by atoms with van der Waals surface area (Å²) in [6.45, 7) is 5.84. The van der Waals surface area contributed by atoms with Gasteiger partial charge in [0.2, 0.25) is 0 Å². The number of hydrogen-bond acceptors (Lipinski definition) is 4. The number of ether oxygens (including phenoxy) is 1. The molecule has 0 saturated carbocycles. The zero-order chi connectivity index (χ0) is 24.4. The molecule has 0 aliphatic rings. The topological polar surface area (TPSA) is 104 Å². The summed E-state index contributed by atoms with van der Waals surface area (Å²) in [6.07, 6.45) is 0. The van der Waals surface area contributed by atoms with E-state index in [0.29, 0.717) is 17.2 Å². The number of methoxy groups -OCH3 is 1. The van der Waals surface area contributed by atoms with Gasteiger partial charge in [-0.05, 0) is 67.8 Å². The lowest BCUT2D eigenvalue weighted by atomic mass is 9.92. The number of carboxylic acid groups (broad SMARTS) is 1. The minimum atomic E-state index is -1.06. The lowest BCUT2D eigenvalue weighted by molar-refractivity contribution is 0.0696. The summed E-state index contributed by atoms with van der Waals surface area (Å²) >= 11 is 0. The average molecular weight is 456 g/mol. The van der Waals surface area contributed by atoms with Crippen LogP contribution in [0.5, 0.6) is 5.75 Å². The molecule has 1 amide bonds. The van der Waals surface area contributed by atoms with Crippen LogP contribution in [0.15, 0.2) is 60.7 Å². The first-order chi connectivity index (χ1) is 16.3. The van der Waals surface area contributed by atoms with Crippen LogP contribution in [0, 0.1) is 20.8 Å². The van der Waals surface area contributed by atoms with Gasteiger partial charge < -0.3 is 20.1 Å². The van der Waals surface area contributed by atoms with Crippen LogP contribution in [0.3, 0.4) is 0 Å². The number of H-pyrrole nitrogens is 1. The molecule has 1 heterocycles. The SMILES string of the molecule is COc1ccc(-c2nc(C(=O)Nc3cccc(C(=O)O)c3)c(C)[nH]2)c(C)c1-c1ccccc1C. The van der Waals surface area contributed by atoms with E-state index >= 15 is 0 Å². The number of carbonyl (C=O) groups excluding carboxylic acids is 1. The van der Waals surface area contributed by atoms with Crippen LogP contribution in [-0.2, 0) is 0 Å². The molecule has 34 heavy (non-hydrogen) atoms. The average Bonchev–Trinajstić information content (AvgIpc) is 3.21. The molecule has 0 atom stereocenters. The van der Waals surface area contributed by atoms with E-state index in [1.54, 1.807) is 26.2 Å². The van der Waals surface area contributed by atoms with Crippen molar-refractivity contribution in [1.82, 2.24) is 9.97 Å². The Kier molecular flexibility index (Phi) is 6.19. The van der Waals surface area contributed by atoms with Crippen LogP contribution in [0.2, 0.25) is 0 Å². The molecule has 3 aromatic carbocycles. The molecule has 4 aromatic rings. The summed E-state index contributed by atoms with van der Waals surface area (Å²) in [4.78, 5) is 31.9. The predicted octanol–water partition coefficient (Wildman–Crippen LogP) is 5.63. The third-order valence-corrected chi connectivity index (χ3v) is 5.78. The minimum Gasteiger partial charge on any atom is -0.496 e. The van der Waals surface area contributed by atoms with Gasteiger partial charge in [0.25, 0.3) is 5.91 Å². The molecule has 172 valence electrons. The van der Waals surface area contributed by atoms with Crippen LogP contribution >= 0.6 is 0 Å². The van der Waals surface area contributed by atoms with E-state index in [9.17, 15) is 14.7 Å². The van der Waals surface area contributed by atoms with Crippen molar-refractivity contribution in [3.63, 3.8) is 0 Å². The lowest BCUT2D eigenvalue weighted by Crippen LogP contribution is -2.14. The van der Waals surface area contributed by atoms with Crippen molar-refractivity contribution in [2.45, 2.75) is 20.8 Å². The van der Waals surface area contributed by atoms with E-state index in [1.165, 1.54) is 12.1 Å². The number of anilines is 1. The Morgan fingerprint density at radius 3 is 2.44 bits per heavy atom. The number of aromatic nitrogens is 2. The highest BCUT2D eigenvalue weighted by molar-refractivity contribution is 6.04. The Bertz CT molecular complexity index is 1410. The third kappa shape index (κ3) is 4.28. The van der Waals surface area contributed by atoms with Crippen molar-refractivity contribution in [1.29, 1.82) is 0 Å². The summed E-state index contributed by atoms with van der Waals surface area (Å²) in [6, 6.07) is 18.0. The Morgan fingerprint density at radius 1 is 0.971 bits per heavy atom. The number of nitrogens with zero attached hydrogens (tertiary/aromatic N) is 1. The monoisotopic (exact) mass is 455 g/mol. The smallest absolute Gasteiger partial charge is 0.335 e. The van der Waals surface area contributed by atoms with E-state index in [0.717, 1.165) is 33.6 Å². The van der Waals surface area contributed by atoms with E-state index in [1.807, 2.05) is 31.2 Å². The van der Waals surface area contributed by atoms with Crippen molar-refractivity contribution < 1.29 is 19.4 Å². The molecule has 0 radical (unpaired) electrons. The number of benzene rings is 3. The number of nitrogens with one attached hydrogen (secondary N) is 2. The number of rotatable bonds is 6. The summed E-state index contributed by atoms with van der Waals surface area (Å²) in [5, 5.41) is 11.9. The van der Waals surface area contributed by atoms with Crippen LogP contribution in [0.25, 0.3) is 22.5 Å². The van der Waals surface area contributed by atoms with Crippen molar-refractivity contribution in [3.8, 4) is 28.3 Å². The van der Waals surface area contributed by atoms with E-state index in [-0.39, 0.29) is 11.3 Å². The van der Waals surface area contributed by atoms with Crippen LogP contribution in [0.1, 0.15) is 37.7 Å².